The molecule has 0 aromatic heterocycles. The smallest absolute Gasteiger partial charge is 0.416 e. The third-order valence-corrected chi connectivity index (χ3v) is 2.90. The van der Waals surface area contributed by atoms with Gasteiger partial charge in [0.1, 0.15) is 11.7 Å². The fourth-order valence-corrected chi connectivity index (χ4v) is 1.85. The molecule has 9 heteroatoms. The van der Waals surface area contributed by atoms with E-state index in [-0.39, 0.29) is 6.61 Å². The van der Waals surface area contributed by atoms with Crippen molar-refractivity contribution in [2.45, 2.75) is 18.7 Å². The maximum absolute atomic E-state index is 12.5. The van der Waals surface area contributed by atoms with Crippen molar-refractivity contribution in [3.05, 3.63) is 39.4 Å². The quantitative estimate of drug-likeness (QED) is 0.487. The van der Waals surface area contributed by atoms with Gasteiger partial charge in [-0.2, -0.15) is 13.2 Å². The van der Waals surface area contributed by atoms with Crippen LogP contribution in [0.1, 0.15) is 22.3 Å². The number of benzene rings is 1. The summed E-state index contributed by atoms with van der Waals surface area (Å²) < 4.78 is 47.5. The molecule has 0 spiro atoms. The number of rotatable bonds is 3. The number of esters is 1. The van der Waals surface area contributed by atoms with Crippen molar-refractivity contribution in [1.29, 1.82) is 0 Å². The van der Waals surface area contributed by atoms with E-state index in [1.54, 1.807) is 0 Å². The second kappa shape index (κ2) is 5.68. The molecule has 1 fully saturated rings. The van der Waals surface area contributed by atoms with Gasteiger partial charge in [-0.25, -0.2) is 4.79 Å². The number of alkyl halides is 3. The average molecular weight is 305 g/mol. The molecule has 0 radical (unpaired) electrons. The summed E-state index contributed by atoms with van der Waals surface area (Å²) in [7, 11) is 0. The Morgan fingerprint density at radius 3 is 2.67 bits per heavy atom. The molecule has 1 aromatic rings. The molecule has 1 aliphatic heterocycles. The first kappa shape index (κ1) is 15.2. The summed E-state index contributed by atoms with van der Waals surface area (Å²) >= 11 is 0. The fraction of sp³-hybridized carbons (Fsp3) is 0.417. The Labute approximate surface area is 116 Å². The molecular formula is C12H10F3NO5. The number of hydrogen-bond acceptors (Lipinski definition) is 5. The Morgan fingerprint density at radius 1 is 1.43 bits per heavy atom. The number of nitro benzene ring substituents is 1. The van der Waals surface area contributed by atoms with Crippen molar-refractivity contribution in [2.24, 2.45) is 0 Å². The molecule has 0 saturated carbocycles. The summed E-state index contributed by atoms with van der Waals surface area (Å²) in [6.45, 7) is 0.563. The summed E-state index contributed by atoms with van der Waals surface area (Å²) in [5.74, 6) is -1.04. The van der Waals surface area contributed by atoms with Crippen molar-refractivity contribution in [3.8, 4) is 0 Å². The van der Waals surface area contributed by atoms with Gasteiger partial charge >= 0.3 is 12.1 Å². The largest absolute Gasteiger partial charge is 0.456 e. The van der Waals surface area contributed by atoms with Crippen molar-refractivity contribution in [3.63, 3.8) is 0 Å². The summed E-state index contributed by atoms with van der Waals surface area (Å²) in [5.41, 5.74) is -2.65. The van der Waals surface area contributed by atoms with Gasteiger partial charge < -0.3 is 9.47 Å². The predicted octanol–water partition coefficient (Wildman–Crippen LogP) is 2.56. The Morgan fingerprint density at radius 2 is 2.14 bits per heavy atom. The lowest BCUT2D eigenvalue weighted by Gasteiger charge is -2.11. The zero-order valence-electron chi connectivity index (χ0n) is 10.6. The second-order valence-corrected chi connectivity index (χ2v) is 4.38. The molecule has 1 heterocycles. The highest BCUT2D eigenvalue weighted by molar-refractivity contribution is 5.94. The van der Waals surface area contributed by atoms with Crippen LogP contribution in [0.15, 0.2) is 18.2 Å². The first-order chi connectivity index (χ1) is 9.79. The molecular weight excluding hydrogens is 295 g/mol. The number of hydrogen-bond donors (Lipinski definition) is 0. The minimum Gasteiger partial charge on any atom is -0.456 e. The summed E-state index contributed by atoms with van der Waals surface area (Å²) in [6.07, 6.45) is -4.83. The SMILES string of the molecule is O=C(O[C@H]1CCOC1)c1ccc(C(F)(F)F)cc1[N+](=O)[O-]. The van der Waals surface area contributed by atoms with Gasteiger partial charge in [0.15, 0.2) is 0 Å². The van der Waals surface area contributed by atoms with Gasteiger partial charge in [-0.3, -0.25) is 10.1 Å². The van der Waals surface area contributed by atoms with Crippen LogP contribution >= 0.6 is 0 Å². The molecule has 21 heavy (non-hydrogen) atoms. The minimum atomic E-state index is -4.73. The lowest BCUT2D eigenvalue weighted by Crippen LogP contribution is -2.19. The van der Waals surface area contributed by atoms with Gasteiger partial charge in [-0.05, 0) is 12.1 Å². The van der Waals surface area contributed by atoms with Crippen LogP contribution in [0, 0.1) is 10.1 Å². The van der Waals surface area contributed by atoms with Crippen LogP contribution in [-0.4, -0.2) is 30.2 Å². The van der Waals surface area contributed by atoms with E-state index in [0.717, 1.165) is 6.07 Å². The highest BCUT2D eigenvalue weighted by Crippen LogP contribution is 2.33. The van der Waals surface area contributed by atoms with Crippen LogP contribution in [0.5, 0.6) is 0 Å². The highest BCUT2D eigenvalue weighted by atomic mass is 19.4. The van der Waals surface area contributed by atoms with E-state index in [1.807, 2.05) is 0 Å². The Balaban J connectivity index is 2.29. The monoisotopic (exact) mass is 305 g/mol. The number of carbonyl (C=O) groups excluding carboxylic acids is 1. The topological polar surface area (TPSA) is 78.7 Å². The van der Waals surface area contributed by atoms with Gasteiger partial charge in [0.2, 0.25) is 0 Å². The van der Waals surface area contributed by atoms with E-state index in [4.69, 9.17) is 9.47 Å². The molecule has 0 bridgehead atoms. The maximum Gasteiger partial charge on any atom is 0.416 e. The number of nitrogens with zero attached hydrogens (tertiary/aromatic N) is 1. The fourth-order valence-electron chi connectivity index (χ4n) is 1.85. The summed E-state index contributed by atoms with van der Waals surface area (Å²) in [5, 5.41) is 10.8. The first-order valence-corrected chi connectivity index (χ1v) is 5.93. The third kappa shape index (κ3) is 3.48. The summed E-state index contributed by atoms with van der Waals surface area (Å²) in [6, 6.07) is 1.68. The predicted molar refractivity (Wildman–Crippen MR) is 62.7 cm³/mol. The van der Waals surface area contributed by atoms with Crippen LogP contribution in [0.4, 0.5) is 18.9 Å². The molecule has 1 saturated heterocycles. The zero-order valence-corrected chi connectivity index (χ0v) is 10.6. The van der Waals surface area contributed by atoms with Crippen LogP contribution in [0.25, 0.3) is 0 Å². The van der Waals surface area contributed by atoms with E-state index >= 15 is 0 Å². The average Bonchev–Trinajstić information content (AvgIpc) is 2.89. The lowest BCUT2D eigenvalue weighted by atomic mass is 10.1. The number of carbonyl (C=O) groups is 1. The van der Waals surface area contributed by atoms with Crippen LogP contribution in [0.3, 0.4) is 0 Å². The first-order valence-electron chi connectivity index (χ1n) is 5.93. The van der Waals surface area contributed by atoms with Gasteiger partial charge in [0.05, 0.1) is 23.7 Å². The van der Waals surface area contributed by atoms with Gasteiger partial charge in [0.25, 0.3) is 5.69 Å². The van der Waals surface area contributed by atoms with Crippen LogP contribution < -0.4 is 0 Å². The molecule has 0 aliphatic carbocycles. The molecule has 2 rings (SSSR count). The molecule has 0 amide bonds. The van der Waals surface area contributed by atoms with E-state index < -0.39 is 40.0 Å². The Kier molecular flexibility index (Phi) is 4.12. The minimum absolute atomic E-state index is 0.167. The lowest BCUT2D eigenvalue weighted by molar-refractivity contribution is -0.385. The van der Waals surface area contributed by atoms with Gasteiger partial charge in [-0.1, -0.05) is 0 Å². The maximum atomic E-state index is 12.5. The van der Waals surface area contributed by atoms with Gasteiger partial charge in [-0.15, -0.1) is 0 Å². The van der Waals surface area contributed by atoms with Crippen LogP contribution in [0.2, 0.25) is 0 Å². The van der Waals surface area contributed by atoms with Crippen molar-refractivity contribution in [1.82, 2.24) is 0 Å². The zero-order chi connectivity index (χ0) is 15.6. The molecule has 1 atom stereocenters. The van der Waals surface area contributed by atoms with Crippen LogP contribution in [-0.2, 0) is 15.7 Å². The third-order valence-electron chi connectivity index (χ3n) is 2.90. The van der Waals surface area contributed by atoms with E-state index in [9.17, 15) is 28.1 Å². The molecule has 114 valence electrons. The second-order valence-electron chi connectivity index (χ2n) is 4.38. The molecule has 0 unspecified atom stereocenters. The van der Waals surface area contributed by atoms with Crippen molar-refractivity contribution < 1.29 is 32.4 Å². The molecule has 0 N–H and O–H groups in total. The van der Waals surface area contributed by atoms with Crippen molar-refractivity contribution >= 4 is 11.7 Å². The Bertz CT molecular complexity index is 567. The number of halogens is 3. The summed E-state index contributed by atoms with van der Waals surface area (Å²) in [4.78, 5) is 21.6. The Hall–Kier alpha value is -2.16. The van der Waals surface area contributed by atoms with E-state index in [0.29, 0.717) is 25.2 Å². The van der Waals surface area contributed by atoms with E-state index in [2.05, 4.69) is 0 Å². The molecule has 1 aliphatic rings. The molecule has 6 nitrogen and oxygen atoms in total. The number of nitro groups is 1. The van der Waals surface area contributed by atoms with Crippen molar-refractivity contribution in [2.75, 3.05) is 13.2 Å². The van der Waals surface area contributed by atoms with E-state index in [1.165, 1.54) is 0 Å². The highest BCUT2D eigenvalue weighted by Gasteiger charge is 2.34. The standard InChI is InChI=1S/C12H10F3NO5/c13-12(14,15)7-1-2-9(10(5-7)16(18)19)11(17)21-8-3-4-20-6-8/h1-2,5,8H,3-4,6H2/t8-/m0/s1. The number of ether oxygens (including phenoxy) is 2. The van der Waals surface area contributed by atoms with Gasteiger partial charge in [0, 0.05) is 12.5 Å². The normalized spacial score (nSPS) is 18.5. The molecule has 1 aromatic carbocycles.